The molecule has 7 nitrogen and oxygen atoms in total. The maximum Gasteiger partial charge on any atom is 0.243 e. The first-order valence-corrected chi connectivity index (χ1v) is 11.7. The van der Waals surface area contributed by atoms with Gasteiger partial charge in [0.15, 0.2) is 0 Å². The molecule has 1 saturated carbocycles. The van der Waals surface area contributed by atoms with E-state index >= 15 is 0 Å². The standard InChI is InChI=1S/C16H23N3O4S2.ClH/c20-24(21,18-13-2-3-13)15-5-7-16(8-6-15)25(22,23)19-10-9-12-1-4-14(11-19)17-12;/h5-8,12-14,17-18H,1-4,9-11H2;1H. The molecule has 2 saturated heterocycles. The molecule has 1 aliphatic carbocycles. The minimum Gasteiger partial charge on any atom is -0.310 e. The fourth-order valence-corrected chi connectivity index (χ4v) is 6.36. The molecule has 2 atom stereocenters. The summed E-state index contributed by atoms with van der Waals surface area (Å²) >= 11 is 0. The van der Waals surface area contributed by atoms with E-state index in [1.807, 2.05) is 0 Å². The molecule has 1 aromatic rings. The van der Waals surface area contributed by atoms with Crippen LogP contribution in [0.15, 0.2) is 34.1 Å². The maximum absolute atomic E-state index is 12.9. The SMILES string of the molecule is Cl.O=S(=O)(NC1CC1)c1ccc(S(=O)(=O)N2CCC3CCC(C2)N3)cc1. The summed E-state index contributed by atoms with van der Waals surface area (Å²) in [7, 11) is -7.17. The van der Waals surface area contributed by atoms with Crippen molar-refractivity contribution in [1.29, 1.82) is 0 Å². The van der Waals surface area contributed by atoms with Crippen LogP contribution in [0, 0.1) is 0 Å². The van der Waals surface area contributed by atoms with E-state index in [4.69, 9.17) is 0 Å². The Hall–Kier alpha value is -0.710. The number of hydrogen-bond acceptors (Lipinski definition) is 5. The van der Waals surface area contributed by atoms with Crippen molar-refractivity contribution in [2.75, 3.05) is 13.1 Å². The molecule has 2 N–H and O–H groups in total. The van der Waals surface area contributed by atoms with Gasteiger partial charge in [-0.25, -0.2) is 21.6 Å². The molecule has 3 aliphatic rings. The Morgan fingerprint density at radius 1 is 0.885 bits per heavy atom. The molecular formula is C16H24ClN3O4S2. The highest BCUT2D eigenvalue weighted by molar-refractivity contribution is 7.89. The van der Waals surface area contributed by atoms with Gasteiger partial charge in [0.05, 0.1) is 9.79 Å². The van der Waals surface area contributed by atoms with Crippen molar-refractivity contribution < 1.29 is 16.8 Å². The molecule has 0 spiro atoms. The summed E-state index contributed by atoms with van der Waals surface area (Å²) in [5.74, 6) is 0. The fourth-order valence-electron chi connectivity index (χ4n) is 3.56. The topological polar surface area (TPSA) is 95.6 Å². The second-order valence-corrected chi connectivity index (χ2v) is 10.8. The number of hydrogen-bond donors (Lipinski definition) is 2. The predicted octanol–water partition coefficient (Wildman–Crippen LogP) is 1.06. The summed E-state index contributed by atoms with van der Waals surface area (Å²) in [6.45, 7) is 0.974. The summed E-state index contributed by atoms with van der Waals surface area (Å²) in [4.78, 5) is 0.255. The molecule has 1 aromatic carbocycles. The monoisotopic (exact) mass is 421 g/mol. The van der Waals surface area contributed by atoms with Crippen LogP contribution in [0.25, 0.3) is 0 Å². The highest BCUT2D eigenvalue weighted by atomic mass is 35.5. The summed E-state index contributed by atoms with van der Waals surface area (Å²) in [6.07, 6.45) is 4.64. The second kappa shape index (κ2) is 7.37. The molecule has 3 fully saturated rings. The van der Waals surface area contributed by atoms with Gasteiger partial charge in [-0.3, -0.25) is 0 Å². The van der Waals surface area contributed by atoms with E-state index in [9.17, 15) is 16.8 Å². The highest BCUT2D eigenvalue weighted by Gasteiger charge is 2.35. The van der Waals surface area contributed by atoms with E-state index in [1.54, 1.807) is 0 Å². The molecule has 2 bridgehead atoms. The van der Waals surface area contributed by atoms with Gasteiger partial charge in [0.1, 0.15) is 0 Å². The van der Waals surface area contributed by atoms with E-state index in [2.05, 4.69) is 10.0 Å². The molecule has 0 aromatic heterocycles. The Kier molecular flexibility index (Phi) is 5.68. The Labute approximate surface area is 161 Å². The maximum atomic E-state index is 12.9. The lowest BCUT2D eigenvalue weighted by Crippen LogP contribution is -2.39. The van der Waals surface area contributed by atoms with Crippen LogP contribution in [-0.4, -0.2) is 52.4 Å². The third kappa shape index (κ3) is 4.07. The lowest BCUT2D eigenvalue weighted by molar-refractivity contribution is 0.383. The highest BCUT2D eigenvalue weighted by Crippen LogP contribution is 2.26. The number of benzene rings is 1. The second-order valence-electron chi connectivity index (χ2n) is 7.16. The smallest absolute Gasteiger partial charge is 0.243 e. The molecule has 2 heterocycles. The van der Waals surface area contributed by atoms with Gasteiger partial charge < -0.3 is 5.32 Å². The quantitative estimate of drug-likeness (QED) is 0.741. The lowest BCUT2D eigenvalue weighted by atomic mass is 10.1. The van der Waals surface area contributed by atoms with Crippen molar-refractivity contribution in [2.45, 2.75) is 60.0 Å². The largest absolute Gasteiger partial charge is 0.310 e. The van der Waals surface area contributed by atoms with Crippen LogP contribution in [0.4, 0.5) is 0 Å². The molecular weight excluding hydrogens is 398 g/mol. The van der Waals surface area contributed by atoms with Gasteiger partial charge in [0.25, 0.3) is 0 Å². The van der Waals surface area contributed by atoms with Crippen molar-refractivity contribution >= 4 is 32.5 Å². The van der Waals surface area contributed by atoms with Crippen molar-refractivity contribution in [3.05, 3.63) is 24.3 Å². The minimum absolute atomic E-state index is 0. The molecule has 146 valence electrons. The Morgan fingerprint density at radius 2 is 1.50 bits per heavy atom. The average molecular weight is 422 g/mol. The molecule has 2 unspecified atom stereocenters. The zero-order valence-electron chi connectivity index (χ0n) is 14.3. The van der Waals surface area contributed by atoms with Gasteiger partial charge >= 0.3 is 0 Å². The van der Waals surface area contributed by atoms with E-state index in [1.165, 1.54) is 28.6 Å². The Bertz CT molecular complexity index is 854. The zero-order valence-corrected chi connectivity index (χ0v) is 16.7. The third-order valence-corrected chi connectivity index (χ3v) is 8.57. The Balaban J connectivity index is 0.00000196. The first kappa shape index (κ1) is 20.0. The van der Waals surface area contributed by atoms with Crippen LogP contribution in [0.5, 0.6) is 0 Å². The summed E-state index contributed by atoms with van der Waals surface area (Å²) in [5, 5.41) is 3.47. The molecule has 2 aliphatic heterocycles. The van der Waals surface area contributed by atoms with E-state index < -0.39 is 20.0 Å². The van der Waals surface area contributed by atoms with Crippen LogP contribution < -0.4 is 10.0 Å². The number of sulfonamides is 2. The van der Waals surface area contributed by atoms with Crippen LogP contribution in [-0.2, 0) is 20.0 Å². The van der Waals surface area contributed by atoms with Gasteiger partial charge in [-0.15, -0.1) is 12.4 Å². The molecule has 4 rings (SSSR count). The van der Waals surface area contributed by atoms with Gasteiger partial charge in [0, 0.05) is 31.2 Å². The predicted molar refractivity (Wildman–Crippen MR) is 100 cm³/mol. The number of halogens is 1. The normalized spacial score (nSPS) is 26.9. The van der Waals surface area contributed by atoms with Gasteiger partial charge in [-0.05, 0) is 56.4 Å². The first-order chi connectivity index (χ1) is 11.8. The number of fused-ring (bicyclic) bond motifs is 2. The molecule has 0 amide bonds. The number of rotatable bonds is 5. The molecule has 26 heavy (non-hydrogen) atoms. The number of nitrogens with zero attached hydrogens (tertiary/aromatic N) is 1. The van der Waals surface area contributed by atoms with Crippen LogP contribution in [0.3, 0.4) is 0 Å². The summed E-state index contributed by atoms with van der Waals surface area (Å²) < 4.78 is 54.3. The van der Waals surface area contributed by atoms with Crippen molar-refractivity contribution in [2.24, 2.45) is 0 Å². The average Bonchev–Trinajstić information content (AvgIpc) is 3.29. The van der Waals surface area contributed by atoms with Crippen LogP contribution in [0.2, 0.25) is 0 Å². The zero-order chi connectivity index (χ0) is 17.7. The van der Waals surface area contributed by atoms with Crippen LogP contribution >= 0.6 is 12.4 Å². The number of nitrogens with one attached hydrogen (secondary N) is 2. The summed E-state index contributed by atoms with van der Waals surface area (Å²) in [5.41, 5.74) is 0. The summed E-state index contributed by atoms with van der Waals surface area (Å²) in [6, 6.07) is 6.18. The van der Waals surface area contributed by atoms with Gasteiger partial charge in [-0.2, -0.15) is 4.31 Å². The van der Waals surface area contributed by atoms with Gasteiger partial charge in [-0.1, -0.05) is 0 Å². The lowest BCUT2D eigenvalue weighted by Gasteiger charge is -2.23. The van der Waals surface area contributed by atoms with Crippen molar-refractivity contribution in [1.82, 2.24) is 14.3 Å². The minimum atomic E-state index is -3.60. The molecule has 0 radical (unpaired) electrons. The van der Waals surface area contributed by atoms with Crippen molar-refractivity contribution in [3.8, 4) is 0 Å². The van der Waals surface area contributed by atoms with E-state index in [0.29, 0.717) is 19.1 Å². The fraction of sp³-hybridized carbons (Fsp3) is 0.625. The van der Waals surface area contributed by atoms with Crippen molar-refractivity contribution in [3.63, 3.8) is 0 Å². The third-order valence-electron chi connectivity index (χ3n) is 5.16. The Morgan fingerprint density at radius 3 is 2.15 bits per heavy atom. The molecule has 10 heteroatoms. The van der Waals surface area contributed by atoms with Crippen LogP contribution in [0.1, 0.15) is 32.1 Å². The van der Waals surface area contributed by atoms with Gasteiger partial charge in [0.2, 0.25) is 20.0 Å². The van der Waals surface area contributed by atoms with E-state index in [-0.39, 0.29) is 34.3 Å². The first-order valence-electron chi connectivity index (χ1n) is 8.73. The van der Waals surface area contributed by atoms with E-state index in [0.717, 1.165) is 32.1 Å².